The minimum atomic E-state index is -3.83. The maximum Gasteiger partial charge on any atom is 0.271 e. The molecule has 0 bridgehead atoms. The highest BCUT2D eigenvalue weighted by Crippen LogP contribution is 2.20. The lowest BCUT2D eigenvalue weighted by Crippen LogP contribution is -2.36. The summed E-state index contributed by atoms with van der Waals surface area (Å²) >= 11 is 0. The Morgan fingerprint density at radius 1 is 1.07 bits per heavy atom. The van der Waals surface area contributed by atoms with Gasteiger partial charge in [-0.3, -0.25) is 9.59 Å². The zero-order valence-electron chi connectivity index (χ0n) is 15.4. The molecule has 0 spiro atoms. The average molecular weight is 389 g/mol. The van der Waals surface area contributed by atoms with Gasteiger partial charge in [0.2, 0.25) is 15.9 Å². The number of anilines is 1. The molecule has 1 fully saturated rings. The van der Waals surface area contributed by atoms with E-state index in [0.29, 0.717) is 18.8 Å². The molecule has 2 heterocycles. The third kappa shape index (κ3) is 3.96. The van der Waals surface area contributed by atoms with Crippen LogP contribution in [0.15, 0.2) is 46.2 Å². The Bertz CT molecular complexity index is 1000. The van der Waals surface area contributed by atoms with E-state index in [1.807, 2.05) is 32.0 Å². The van der Waals surface area contributed by atoms with Crippen molar-refractivity contribution >= 4 is 21.6 Å². The molecule has 1 aromatic carbocycles. The van der Waals surface area contributed by atoms with Crippen LogP contribution in [-0.2, 0) is 21.4 Å². The quantitative estimate of drug-likeness (QED) is 0.846. The Morgan fingerprint density at radius 2 is 1.70 bits per heavy atom. The second kappa shape index (κ2) is 7.66. The van der Waals surface area contributed by atoms with Crippen molar-refractivity contribution in [2.45, 2.75) is 38.1 Å². The normalized spacial score (nSPS) is 15.0. The van der Waals surface area contributed by atoms with Crippen molar-refractivity contribution < 1.29 is 13.2 Å². The number of pyridine rings is 1. The molecule has 1 aromatic heterocycles. The van der Waals surface area contributed by atoms with Crippen molar-refractivity contribution in [1.29, 1.82) is 0 Å². The lowest BCUT2D eigenvalue weighted by atomic mass is 10.1. The third-order valence-electron chi connectivity index (χ3n) is 4.73. The van der Waals surface area contributed by atoms with Crippen molar-refractivity contribution in [3.63, 3.8) is 0 Å². The molecule has 1 amide bonds. The Kier molecular flexibility index (Phi) is 5.48. The van der Waals surface area contributed by atoms with E-state index in [1.165, 1.54) is 22.6 Å². The lowest BCUT2D eigenvalue weighted by molar-refractivity contribution is -0.116. The second-order valence-corrected chi connectivity index (χ2v) is 8.64. The summed E-state index contributed by atoms with van der Waals surface area (Å²) in [6, 6.07) is 8.46. The number of carbonyl (C=O) groups excluding carboxylic acids is 1. The summed E-state index contributed by atoms with van der Waals surface area (Å²) in [5.74, 6) is -0.384. The molecule has 7 nitrogen and oxygen atoms in total. The number of sulfonamides is 1. The number of amides is 1. The first-order valence-corrected chi connectivity index (χ1v) is 10.3. The molecule has 0 unspecified atom stereocenters. The van der Waals surface area contributed by atoms with Crippen LogP contribution in [0.2, 0.25) is 0 Å². The predicted molar refractivity (Wildman–Crippen MR) is 103 cm³/mol. The van der Waals surface area contributed by atoms with Gasteiger partial charge in [-0.1, -0.05) is 18.2 Å². The van der Waals surface area contributed by atoms with Crippen LogP contribution >= 0.6 is 0 Å². The summed E-state index contributed by atoms with van der Waals surface area (Å²) in [5.41, 5.74) is 1.86. The molecular weight excluding hydrogens is 366 g/mol. The van der Waals surface area contributed by atoms with Crippen molar-refractivity contribution in [1.82, 2.24) is 8.87 Å². The molecule has 1 saturated heterocycles. The Balaban J connectivity index is 1.84. The SMILES string of the molecule is Cc1cccc(C)c1NC(=O)Cn1cccc(S(=O)(=O)N2CCCC2)c1=O. The maximum absolute atomic E-state index is 12.7. The summed E-state index contributed by atoms with van der Waals surface area (Å²) in [6.07, 6.45) is 3.01. The minimum absolute atomic E-state index is 0.254. The van der Waals surface area contributed by atoms with Gasteiger partial charge < -0.3 is 9.88 Å². The van der Waals surface area contributed by atoms with Gasteiger partial charge in [-0.25, -0.2) is 8.42 Å². The fourth-order valence-corrected chi connectivity index (χ4v) is 4.85. The largest absolute Gasteiger partial charge is 0.324 e. The topological polar surface area (TPSA) is 88.5 Å². The number of benzene rings is 1. The number of aryl methyl sites for hydroxylation is 2. The van der Waals surface area contributed by atoms with Gasteiger partial charge in [0.05, 0.1) is 0 Å². The van der Waals surface area contributed by atoms with E-state index in [-0.39, 0.29) is 17.3 Å². The molecule has 3 rings (SSSR count). The molecule has 0 saturated carbocycles. The molecule has 0 radical (unpaired) electrons. The van der Waals surface area contributed by atoms with Crippen LogP contribution in [0.25, 0.3) is 0 Å². The van der Waals surface area contributed by atoms with Crippen LogP contribution in [0.3, 0.4) is 0 Å². The van der Waals surface area contributed by atoms with Crippen LogP contribution in [0, 0.1) is 13.8 Å². The van der Waals surface area contributed by atoms with Gasteiger partial charge in [0, 0.05) is 25.0 Å². The highest BCUT2D eigenvalue weighted by molar-refractivity contribution is 7.89. The number of carbonyl (C=O) groups is 1. The van der Waals surface area contributed by atoms with Crippen molar-refractivity contribution in [2.75, 3.05) is 18.4 Å². The number of hydrogen-bond donors (Lipinski definition) is 1. The summed E-state index contributed by atoms with van der Waals surface area (Å²) in [7, 11) is -3.83. The zero-order valence-corrected chi connectivity index (χ0v) is 16.3. The van der Waals surface area contributed by atoms with E-state index in [0.717, 1.165) is 28.5 Å². The molecule has 8 heteroatoms. The molecule has 27 heavy (non-hydrogen) atoms. The lowest BCUT2D eigenvalue weighted by Gasteiger charge is -2.16. The Labute approximate surface area is 158 Å². The zero-order chi connectivity index (χ0) is 19.6. The van der Waals surface area contributed by atoms with Gasteiger partial charge in [-0.15, -0.1) is 0 Å². The number of aromatic nitrogens is 1. The van der Waals surface area contributed by atoms with Crippen LogP contribution in [0.4, 0.5) is 5.69 Å². The van der Waals surface area contributed by atoms with Gasteiger partial charge in [-0.2, -0.15) is 4.31 Å². The average Bonchev–Trinajstić information content (AvgIpc) is 3.15. The van der Waals surface area contributed by atoms with E-state index in [9.17, 15) is 18.0 Å². The van der Waals surface area contributed by atoms with Crippen LogP contribution in [-0.4, -0.2) is 36.3 Å². The van der Waals surface area contributed by atoms with E-state index in [4.69, 9.17) is 0 Å². The molecule has 0 atom stereocenters. The van der Waals surface area contributed by atoms with Crippen LogP contribution in [0.5, 0.6) is 0 Å². The standard InChI is InChI=1S/C19H23N3O4S/c1-14-7-5-8-15(2)18(14)20-17(23)13-21-10-6-9-16(19(21)24)27(25,26)22-11-3-4-12-22/h5-10H,3-4,11-13H2,1-2H3,(H,20,23). The first-order chi connectivity index (χ1) is 12.8. The van der Waals surface area contributed by atoms with E-state index in [2.05, 4.69) is 5.32 Å². The first kappa shape index (κ1) is 19.3. The first-order valence-electron chi connectivity index (χ1n) is 8.86. The predicted octanol–water partition coefficient (Wildman–Crippen LogP) is 1.89. The van der Waals surface area contributed by atoms with E-state index >= 15 is 0 Å². The monoisotopic (exact) mass is 389 g/mol. The van der Waals surface area contributed by atoms with E-state index < -0.39 is 15.6 Å². The number of nitrogens with one attached hydrogen (secondary N) is 1. The molecular formula is C19H23N3O4S. The number of rotatable bonds is 5. The van der Waals surface area contributed by atoms with Crippen LogP contribution < -0.4 is 10.9 Å². The highest BCUT2D eigenvalue weighted by Gasteiger charge is 2.30. The van der Waals surface area contributed by atoms with Crippen LogP contribution in [0.1, 0.15) is 24.0 Å². The maximum atomic E-state index is 12.7. The molecule has 0 aliphatic carbocycles. The number of hydrogen-bond acceptors (Lipinski definition) is 4. The molecule has 144 valence electrons. The molecule has 1 aliphatic heterocycles. The van der Waals surface area contributed by atoms with E-state index in [1.54, 1.807) is 0 Å². The molecule has 1 aliphatic rings. The summed E-state index contributed by atoms with van der Waals surface area (Å²) in [5, 5.41) is 2.81. The van der Waals surface area contributed by atoms with Gasteiger partial charge in [0.15, 0.2) is 0 Å². The Morgan fingerprint density at radius 3 is 2.33 bits per heavy atom. The van der Waals surface area contributed by atoms with Crippen molar-refractivity contribution in [3.05, 3.63) is 58.0 Å². The second-order valence-electron chi connectivity index (χ2n) is 6.73. The fraction of sp³-hybridized carbons (Fsp3) is 0.368. The fourth-order valence-electron chi connectivity index (χ4n) is 3.25. The number of para-hydroxylation sites is 1. The number of nitrogens with zero attached hydrogens (tertiary/aromatic N) is 2. The van der Waals surface area contributed by atoms with Gasteiger partial charge >= 0.3 is 0 Å². The van der Waals surface area contributed by atoms with Gasteiger partial charge in [-0.05, 0) is 49.9 Å². The van der Waals surface area contributed by atoms with Crippen molar-refractivity contribution in [2.24, 2.45) is 0 Å². The highest BCUT2D eigenvalue weighted by atomic mass is 32.2. The summed E-state index contributed by atoms with van der Waals surface area (Å²) in [6.45, 7) is 4.36. The Hall–Kier alpha value is -2.45. The smallest absolute Gasteiger partial charge is 0.271 e. The minimum Gasteiger partial charge on any atom is -0.324 e. The molecule has 2 aromatic rings. The summed E-state index contributed by atoms with van der Waals surface area (Å²) < 4.78 is 27.8. The molecule has 1 N–H and O–H groups in total. The van der Waals surface area contributed by atoms with Crippen molar-refractivity contribution in [3.8, 4) is 0 Å². The summed E-state index contributed by atoms with van der Waals surface area (Å²) in [4.78, 5) is 24.8. The van der Waals surface area contributed by atoms with Gasteiger partial charge in [0.1, 0.15) is 11.4 Å². The third-order valence-corrected chi connectivity index (χ3v) is 6.64. The van der Waals surface area contributed by atoms with Gasteiger partial charge in [0.25, 0.3) is 5.56 Å².